The Morgan fingerprint density at radius 2 is 2.00 bits per heavy atom. The molecule has 0 aromatic heterocycles. The normalized spacial score (nSPS) is 11.8. The van der Waals surface area contributed by atoms with Crippen LogP contribution in [0.15, 0.2) is 18.2 Å². The van der Waals surface area contributed by atoms with Crippen molar-refractivity contribution in [3.05, 3.63) is 29.3 Å². The predicted molar refractivity (Wildman–Crippen MR) is 70.3 cm³/mol. The second-order valence-corrected chi connectivity index (χ2v) is 4.22. The number of amides is 1. The van der Waals surface area contributed by atoms with Crippen molar-refractivity contribution >= 4 is 17.6 Å². The Balaban J connectivity index is 2.86. The second kappa shape index (κ2) is 6.19. The van der Waals surface area contributed by atoms with Gasteiger partial charge in [-0.3, -0.25) is 9.59 Å². The van der Waals surface area contributed by atoms with Gasteiger partial charge in [-0.05, 0) is 37.5 Å². The van der Waals surface area contributed by atoms with Crippen molar-refractivity contribution in [1.29, 1.82) is 0 Å². The maximum absolute atomic E-state index is 12.0. The highest BCUT2D eigenvalue weighted by Crippen LogP contribution is 2.19. The molecule has 1 rings (SSSR count). The number of ether oxygens (including phenoxy) is 1. The van der Waals surface area contributed by atoms with Crippen molar-refractivity contribution < 1.29 is 14.3 Å². The molecule has 0 aliphatic rings. The SMILES string of the molecule is CCC(C(=O)Nc1cccc(C)c1C)C(=O)OC. The van der Waals surface area contributed by atoms with Gasteiger partial charge in [0.15, 0.2) is 0 Å². The number of carbonyl (C=O) groups is 2. The van der Waals surface area contributed by atoms with E-state index in [1.54, 1.807) is 6.92 Å². The number of esters is 1. The number of aryl methyl sites for hydroxylation is 1. The molecule has 1 N–H and O–H groups in total. The summed E-state index contributed by atoms with van der Waals surface area (Å²) in [7, 11) is 1.29. The molecular weight excluding hydrogens is 230 g/mol. The Morgan fingerprint density at radius 3 is 2.56 bits per heavy atom. The predicted octanol–water partition coefficient (Wildman–Crippen LogP) is 2.44. The van der Waals surface area contributed by atoms with Crippen LogP contribution in [0.2, 0.25) is 0 Å². The number of nitrogens with one attached hydrogen (secondary N) is 1. The largest absolute Gasteiger partial charge is 0.468 e. The second-order valence-electron chi connectivity index (χ2n) is 4.22. The fourth-order valence-electron chi connectivity index (χ4n) is 1.71. The minimum Gasteiger partial charge on any atom is -0.468 e. The molecule has 0 aliphatic heterocycles. The van der Waals surface area contributed by atoms with E-state index in [0.29, 0.717) is 6.42 Å². The van der Waals surface area contributed by atoms with Gasteiger partial charge in [-0.25, -0.2) is 0 Å². The molecule has 0 aliphatic carbocycles. The lowest BCUT2D eigenvalue weighted by Crippen LogP contribution is -2.30. The van der Waals surface area contributed by atoms with E-state index in [-0.39, 0.29) is 5.91 Å². The molecule has 0 heterocycles. The molecule has 0 radical (unpaired) electrons. The molecule has 0 fully saturated rings. The summed E-state index contributed by atoms with van der Waals surface area (Å²) in [4.78, 5) is 23.4. The van der Waals surface area contributed by atoms with Crippen molar-refractivity contribution in [2.24, 2.45) is 5.92 Å². The number of benzene rings is 1. The average Bonchev–Trinajstić information content (AvgIpc) is 2.35. The number of rotatable bonds is 4. The smallest absolute Gasteiger partial charge is 0.318 e. The molecule has 1 aromatic carbocycles. The van der Waals surface area contributed by atoms with E-state index < -0.39 is 11.9 Å². The van der Waals surface area contributed by atoms with Crippen LogP contribution in [0.1, 0.15) is 24.5 Å². The highest BCUT2D eigenvalue weighted by atomic mass is 16.5. The zero-order valence-corrected chi connectivity index (χ0v) is 11.2. The van der Waals surface area contributed by atoms with Crippen LogP contribution in [0.4, 0.5) is 5.69 Å². The third-order valence-corrected chi connectivity index (χ3v) is 3.07. The van der Waals surface area contributed by atoms with Gasteiger partial charge in [-0.1, -0.05) is 19.1 Å². The van der Waals surface area contributed by atoms with Crippen molar-refractivity contribution in [3.8, 4) is 0 Å². The van der Waals surface area contributed by atoms with E-state index in [1.165, 1.54) is 7.11 Å². The maximum atomic E-state index is 12.0. The van der Waals surface area contributed by atoms with Crippen LogP contribution in [0.25, 0.3) is 0 Å². The summed E-state index contributed by atoms with van der Waals surface area (Å²) in [6.07, 6.45) is 0.420. The number of carbonyl (C=O) groups excluding carboxylic acids is 2. The molecule has 1 atom stereocenters. The number of methoxy groups -OCH3 is 1. The first-order valence-corrected chi connectivity index (χ1v) is 5.96. The van der Waals surface area contributed by atoms with E-state index in [4.69, 9.17) is 0 Å². The van der Waals surface area contributed by atoms with Crippen LogP contribution < -0.4 is 5.32 Å². The fourth-order valence-corrected chi connectivity index (χ4v) is 1.71. The third kappa shape index (κ3) is 3.09. The van der Waals surface area contributed by atoms with Gasteiger partial charge in [0.25, 0.3) is 0 Å². The van der Waals surface area contributed by atoms with Crippen molar-refractivity contribution in [2.45, 2.75) is 27.2 Å². The van der Waals surface area contributed by atoms with E-state index in [0.717, 1.165) is 16.8 Å². The molecule has 0 bridgehead atoms. The van der Waals surface area contributed by atoms with Crippen LogP contribution in [0.3, 0.4) is 0 Å². The Morgan fingerprint density at radius 1 is 1.33 bits per heavy atom. The standard InChI is InChI=1S/C14H19NO3/c1-5-11(14(17)18-4)13(16)15-12-8-6-7-9(2)10(12)3/h6-8,11H,5H2,1-4H3,(H,15,16). The minimum absolute atomic E-state index is 0.321. The first-order chi connectivity index (χ1) is 8.51. The Hall–Kier alpha value is -1.84. The fraction of sp³-hybridized carbons (Fsp3) is 0.429. The number of hydrogen-bond acceptors (Lipinski definition) is 3. The highest BCUT2D eigenvalue weighted by Gasteiger charge is 2.25. The van der Waals surface area contributed by atoms with Crippen LogP contribution in [-0.4, -0.2) is 19.0 Å². The number of hydrogen-bond donors (Lipinski definition) is 1. The average molecular weight is 249 g/mol. The number of anilines is 1. The zero-order chi connectivity index (χ0) is 13.7. The van der Waals surface area contributed by atoms with Gasteiger partial charge in [0, 0.05) is 5.69 Å². The topological polar surface area (TPSA) is 55.4 Å². The zero-order valence-electron chi connectivity index (χ0n) is 11.2. The molecule has 1 aromatic rings. The molecule has 1 unspecified atom stereocenters. The first-order valence-electron chi connectivity index (χ1n) is 5.96. The molecule has 0 spiro atoms. The Kier molecular flexibility index (Phi) is 4.89. The third-order valence-electron chi connectivity index (χ3n) is 3.07. The summed E-state index contributed by atoms with van der Waals surface area (Å²) in [6, 6.07) is 5.67. The molecule has 1 amide bonds. The maximum Gasteiger partial charge on any atom is 0.318 e. The van der Waals surface area contributed by atoms with Gasteiger partial charge in [-0.15, -0.1) is 0 Å². The van der Waals surface area contributed by atoms with Crippen LogP contribution in [-0.2, 0) is 14.3 Å². The van der Waals surface area contributed by atoms with Gasteiger partial charge < -0.3 is 10.1 Å². The van der Waals surface area contributed by atoms with Gasteiger partial charge in [0.1, 0.15) is 5.92 Å². The lowest BCUT2D eigenvalue weighted by molar-refractivity contribution is -0.148. The first kappa shape index (κ1) is 14.2. The Bertz CT molecular complexity index is 454. The van der Waals surface area contributed by atoms with Crippen LogP contribution in [0, 0.1) is 19.8 Å². The lowest BCUT2D eigenvalue weighted by Gasteiger charge is -2.15. The van der Waals surface area contributed by atoms with Gasteiger partial charge in [-0.2, -0.15) is 0 Å². The Labute approximate surface area is 107 Å². The summed E-state index contributed by atoms with van der Waals surface area (Å²) in [5.41, 5.74) is 2.84. The molecule has 4 nitrogen and oxygen atoms in total. The molecule has 0 saturated carbocycles. The summed E-state index contributed by atoms with van der Waals surface area (Å²) < 4.78 is 4.62. The van der Waals surface area contributed by atoms with Crippen LogP contribution >= 0.6 is 0 Å². The molecule has 0 saturated heterocycles. The van der Waals surface area contributed by atoms with E-state index in [9.17, 15) is 9.59 Å². The summed E-state index contributed by atoms with van der Waals surface area (Å²) in [5.74, 6) is -1.58. The van der Waals surface area contributed by atoms with Gasteiger partial charge >= 0.3 is 5.97 Å². The van der Waals surface area contributed by atoms with E-state index >= 15 is 0 Å². The summed E-state index contributed by atoms with van der Waals surface area (Å²) in [6.45, 7) is 5.69. The van der Waals surface area contributed by atoms with E-state index in [1.807, 2.05) is 32.0 Å². The molecule has 18 heavy (non-hydrogen) atoms. The van der Waals surface area contributed by atoms with E-state index in [2.05, 4.69) is 10.1 Å². The highest BCUT2D eigenvalue weighted by molar-refractivity contribution is 6.05. The van der Waals surface area contributed by atoms with Crippen molar-refractivity contribution in [1.82, 2.24) is 0 Å². The van der Waals surface area contributed by atoms with Crippen molar-refractivity contribution in [3.63, 3.8) is 0 Å². The monoisotopic (exact) mass is 249 g/mol. The molecule has 4 heteroatoms. The van der Waals surface area contributed by atoms with Gasteiger partial charge in [0.05, 0.1) is 7.11 Å². The van der Waals surface area contributed by atoms with Crippen molar-refractivity contribution in [2.75, 3.05) is 12.4 Å². The van der Waals surface area contributed by atoms with Crippen LogP contribution in [0.5, 0.6) is 0 Å². The summed E-state index contributed by atoms with van der Waals surface area (Å²) in [5, 5.41) is 2.78. The van der Waals surface area contributed by atoms with Gasteiger partial charge in [0.2, 0.25) is 5.91 Å². The lowest BCUT2D eigenvalue weighted by atomic mass is 10.0. The molecular formula is C14H19NO3. The summed E-state index contributed by atoms with van der Waals surface area (Å²) >= 11 is 0. The quantitative estimate of drug-likeness (QED) is 0.658. The molecule has 98 valence electrons. The minimum atomic E-state index is -0.755.